The van der Waals surface area contributed by atoms with Crippen molar-refractivity contribution in [2.45, 2.75) is 13.0 Å². The van der Waals surface area contributed by atoms with Crippen LogP contribution in [0.15, 0.2) is 11.4 Å². The van der Waals surface area contributed by atoms with Crippen molar-refractivity contribution in [3.8, 4) is 0 Å². The Bertz CT molecular complexity index is 482. The Hall–Kier alpha value is -1.47. The lowest BCUT2D eigenvalue weighted by Gasteiger charge is -2.08. The number of aromatic nitrogens is 4. The predicted molar refractivity (Wildman–Crippen MR) is 59.4 cm³/mol. The minimum absolute atomic E-state index is 0.239. The van der Waals surface area contributed by atoms with Crippen molar-refractivity contribution in [2.24, 2.45) is 0 Å². The number of tetrazole rings is 1. The highest BCUT2D eigenvalue weighted by molar-refractivity contribution is 7.12. The van der Waals surface area contributed by atoms with Gasteiger partial charge in [0.2, 0.25) is 0 Å². The van der Waals surface area contributed by atoms with Crippen LogP contribution in [0.3, 0.4) is 0 Å². The van der Waals surface area contributed by atoms with Crippen molar-refractivity contribution in [1.82, 2.24) is 25.9 Å². The third-order valence-electron chi connectivity index (χ3n) is 1.92. The lowest BCUT2D eigenvalue weighted by Crippen LogP contribution is -2.26. The van der Waals surface area contributed by atoms with Crippen LogP contribution in [0.1, 0.15) is 28.5 Å². The van der Waals surface area contributed by atoms with Gasteiger partial charge in [0, 0.05) is 0 Å². The Kier molecular flexibility index (Phi) is 3.16. The van der Waals surface area contributed by atoms with Crippen molar-refractivity contribution in [3.63, 3.8) is 0 Å². The first kappa shape index (κ1) is 11.0. The number of hydrogen-bond acceptors (Lipinski definition) is 5. The number of thiophene rings is 1. The van der Waals surface area contributed by atoms with E-state index in [9.17, 15) is 4.79 Å². The number of H-pyrrole nitrogens is 1. The van der Waals surface area contributed by atoms with Crippen molar-refractivity contribution in [1.29, 1.82) is 0 Å². The molecular formula is C8H8ClN5OS. The Labute approximate surface area is 100 Å². The molecule has 1 atom stereocenters. The van der Waals surface area contributed by atoms with Gasteiger partial charge in [-0.05, 0) is 18.4 Å². The number of rotatable bonds is 3. The maximum Gasteiger partial charge on any atom is 0.263 e. The average Bonchev–Trinajstić information content (AvgIpc) is 2.86. The van der Waals surface area contributed by atoms with Gasteiger partial charge in [-0.1, -0.05) is 16.8 Å². The van der Waals surface area contributed by atoms with E-state index in [1.165, 1.54) is 11.3 Å². The summed E-state index contributed by atoms with van der Waals surface area (Å²) in [5, 5.41) is 18.2. The number of carbonyl (C=O) groups is 1. The van der Waals surface area contributed by atoms with Crippen LogP contribution in [-0.2, 0) is 0 Å². The largest absolute Gasteiger partial charge is 0.341 e. The molecule has 1 unspecified atom stereocenters. The van der Waals surface area contributed by atoms with E-state index >= 15 is 0 Å². The lowest BCUT2D eigenvalue weighted by molar-refractivity contribution is 0.0942. The molecule has 2 aromatic heterocycles. The monoisotopic (exact) mass is 257 g/mol. The van der Waals surface area contributed by atoms with E-state index < -0.39 is 0 Å². The van der Waals surface area contributed by atoms with Crippen molar-refractivity contribution in [2.75, 3.05) is 0 Å². The normalized spacial score (nSPS) is 12.4. The van der Waals surface area contributed by atoms with Gasteiger partial charge in [0.1, 0.15) is 4.88 Å². The summed E-state index contributed by atoms with van der Waals surface area (Å²) >= 11 is 7.13. The number of hydrogen-bond donors (Lipinski definition) is 2. The Morgan fingerprint density at radius 1 is 1.69 bits per heavy atom. The van der Waals surface area contributed by atoms with Gasteiger partial charge in [-0.3, -0.25) is 4.79 Å². The van der Waals surface area contributed by atoms with E-state index in [1.54, 1.807) is 18.4 Å². The van der Waals surface area contributed by atoms with Crippen molar-refractivity contribution in [3.05, 3.63) is 27.2 Å². The smallest absolute Gasteiger partial charge is 0.263 e. The van der Waals surface area contributed by atoms with Gasteiger partial charge in [0.05, 0.1) is 11.1 Å². The summed E-state index contributed by atoms with van der Waals surface area (Å²) in [7, 11) is 0. The number of halogens is 1. The molecule has 0 fully saturated rings. The molecule has 0 saturated heterocycles. The number of nitrogens with zero attached hydrogens (tertiary/aromatic N) is 3. The molecular weight excluding hydrogens is 250 g/mol. The molecule has 2 rings (SSSR count). The van der Waals surface area contributed by atoms with Gasteiger partial charge in [-0.25, -0.2) is 0 Å². The van der Waals surface area contributed by atoms with Gasteiger partial charge in [-0.2, -0.15) is 5.21 Å². The number of nitrogens with one attached hydrogen (secondary N) is 2. The molecule has 2 heterocycles. The molecule has 0 saturated carbocycles. The van der Waals surface area contributed by atoms with E-state index in [-0.39, 0.29) is 11.9 Å². The minimum atomic E-state index is -0.315. The number of aromatic amines is 1. The van der Waals surface area contributed by atoms with Crippen LogP contribution in [-0.4, -0.2) is 26.5 Å². The summed E-state index contributed by atoms with van der Waals surface area (Å²) in [6.45, 7) is 1.77. The molecule has 0 aliphatic carbocycles. The predicted octanol–water partition coefficient (Wildman–Crippen LogP) is 1.41. The topological polar surface area (TPSA) is 83.6 Å². The van der Waals surface area contributed by atoms with Crippen LogP contribution in [0.25, 0.3) is 0 Å². The number of amides is 1. The lowest BCUT2D eigenvalue weighted by atomic mass is 10.3. The molecule has 0 radical (unpaired) electrons. The first-order chi connectivity index (χ1) is 7.68. The van der Waals surface area contributed by atoms with Gasteiger partial charge in [-0.15, -0.1) is 21.5 Å². The fourth-order valence-electron chi connectivity index (χ4n) is 1.14. The van der Waals surface area contributed by atoms with Crippen LogP contribution in [0.2, 0.25) is 5.02 Å². The Morgan fingerprint density at radius 2 is 2.50 bits per heavy atom. The van der Waals surface area contributed by atoms with E-state index in [1.807, 2.05) is 0 Å². The molecule has 2 aromatic rings. The second-order valence-electron chi connectivity index (χ2n) is 3.06. The molecule has 0 aliphatic heterocycles. The highest BCUT2D eigenvalue weighted by Crippen LogP contribution is 2.22. The molecule has 84 valence electrons. The van der Waals surface area contributed by atoms with Gasteiger partial charge < -0.3 is 5.32 Å². The zero-order chi connectivity index (χ0) is 11.5. The van der Waals surface area contributed by atoms with Crippen LogP contribution in [0.5, 0.6) is 0 Å². The van der Waals surface area contributed by atoms with Crippen molar-refractivity contribution >= 4 is 28.8 Å². The number of carbonyl (C=O) groups excluding carboxylic acids is 1. The molecule has 1 amide bonds. The van der Waals surface area contributed by atoms with Crippen LogP contribution in [0, 0.1) is 0 Å². The minimum Gasteiger partial charge on any atom is -0.341 e. The average molecular weight is 258 g/mol. The maximum atomic E-state index is 11.8. The second kappa shape index (κ2) is 4.58. The molecule has 8 heteroatoms. The summed E-state index contributed by atoms with van der Waals surface area (Å²) < 4.78 is 0. The van der Waals surface area contributed by atoms with Crippen molar-refractivity contribution < 1.29 is 4.79 Å². The standard InChI is InChI=1S/C8H8ClN5OS/c1-4(7-11-13-14-12-7)10-8(15)6-5(9)2-3-16-6/h2-4H,1H3,(H,10,15)(H,11,12,13,14). The van der Waals surface area contributed by atoms with E-state index in [0.29, 0.717) is 15.7 Å². The fraction of sp³-hybridized carbons (Fsp3) is 0.250. The van der Waals surface area contributed by atoms with Gasteiger partial charge in [0.15, 0.2) is 5.82 Å². The second-order valence-corrected chi connectivity index (χ2v) is 4.39. The molecule has 0 aliphatic rings. The van der Waals surface area contributed by atoms with E-state index in [2.05, 4.69) is 25.9 Å². The zero-order valence-electron chi connectivity index (χ0n) is 8.27. The SMILES string of the molecule is CC(NC(=O)c1sccc1Cl)c1nn[nH]n1. The van der Waals surface area contributed by atoms with E-state index in [4.69, 9.17) is 11.6 Å². The first-order valence-electron chi connectivity index (χ1n) is 4.45. The molecule has 0 spiro atoms. The van der Waals surface area contributed by atoms with Gasteiger partial charge in [0.25, 0.3) is 5.91 Å². The summed E-state index contributed by atoms with van der Waals surface area (Å²) in [4.78, 5) is 12.2. The zero-order valence-corrected chi connectivity index (χ0v) is 9.84. The highest BCUT2D eigenvalue weighted by atomic mass is 35.5. The quantitative estimate of drug-likeness (QED) is 0.871. The molecule has 16 heavy (non-hydrogen) atoms. The third-order valence-corrected chi connectivity index (χ3v) is 3.26. The summed E-state index contributed by atoms with van der Waals surface area (Å²) in [5.74, 6) is 0.193. The van der Waals surface area contributed by atoms with Gasteiger partial charge >= 0.3 is 0 Å². The fourth-order valence-corrected chi connectivity index (χ4v) is 2.18. The molecule has 6 nitrogen and oxygen atoms in total. The molecule has 2 N–H and O–H groups in total. The maximum absolute atomic E-state index is 11.8. The Morgan fingerprint density at radius 3 is 3.06 bits per heavy atom. The molecule has 0 aromatic carbocycles. The van der Waals surface area contributed by atoms with Crippen LogP contribution < -0.4 is 5.32 Å². The summed E-state index contributed by atoms with van der Waals surface area (Å²) in [5.41, 5.74) is 0. The Balaban J connectivity index is 2.06. The van der Waals surface area contributed by atoms with Crippen LogP contribution >= 0.6 is 22.9 Å². The highest BCUT2D eigenvalue weighted by Gasteiger charge is 2.17. The van der Waals surface area contributed by atoms with E-state index in [0.717, 1.165) is 0 Å². The molecule has 0 bridgehead atoms. The van der Waals surface area contributed by atoms with Crippen LogP contribution in [0.4, 0.5) is 0 Å². The third kappa shape index (κ3) is 2.20. The summed E-state index contributed by atoms with van der Waals surface area (Å²) in [6, 6.07) is 1.37. The summed E-state index contributed by atoms with van der Waals surface area (Å²) in [6.07, 6.45) is 0. The first-order valence-corrected chi connectivity index (χ1v) is 5.71.